The number of anilines is 1. The lowest BCUT2D eigenvalue weighted by Crippen LogP contribution is -2.33. The summed E-state index contributed by atoms with van der Waals surface area (Å²) in [7, 11) is 2.06. The number of aromatic nitrogens is 2. The number of hydrogen-bond acceptors (Lipinski definition) is 4. The number of benzene rings is 1. The Morgan fingerprint density at radius 3 is 2.42 bits per heavy atom. The molecule has 0 spiro atoms. The van der Waals surface area contributed by atoms with Gasteiger partial charge in [0.25, 0.3) is 0 Å². The van der Waals surface area contributed by atoms with Crippen molar-refractivity contribution < 1.29 is 0 Å². The van der Waals surface area contributed by atoms with E-state index in [9.17, 15) is 0 Å². The second-order valence-electron chi connectivity index (χ2n) is 5.15. The highest BCUT2D eigenvalue weighted by Crippen LogP contribution is 2.18. The molecule has 1 aromatic heterocycles. The van der Waals surface area contributed by atoms with Gasteiger partial charge in [0.1, 0.15) is 0 Å². The molecule has 4 nitrogen and oxygen atoms in total. The van der Waals surface area contributed by atoms with Gasteiger partial charge in [0.05, 0.1) is 16.7 Å². The van der Waals surface area contributed by atoms with E-state index in [1.54, 1.807) is 0 Å². The third kappa shape index (κ3) is 3.41. The van der Waals surface area contributed by atoms with Crippen molar-refractivity contribution in [1.29, 1.82) is 0 Å². The molecule has 0 saturated heterocycles. The predicted molar refractivity (Wildman–Crippen MR) is 80.7 cm³/mol. The van der Waals surface area contributed by atoms with E-state index in [0.29, 0.717) is 6.04 Å². The number of nitrogens with zero attached hydrogens (tertiary/aromatic N) is 3. The number of aryl methyl sites for hydroxylation is 1. The fraction of sp³-hybridized carbons (Fsp3) is 0.467. The van der Waals surface area contributed by atoms with Gasteiger partial charge in [0, 0.05) is 26.2 Å². The normalized spacial score (nSPS) is 11.2. The van der Waals surface area contributed by atoms with Crippen molar-refractivity contribution in [1.82, 2.24) is 15.3 Å². The van der Waals surface area contributed by atoms with Crippen LogP contribution in [0, 0.1) is 6.92 Å². The minimum absolute atomic E-state index is 0.511. The van der Waals surface area contributed by atoms with E-state index < -0.39 is 0 Å². The van der Waals surface area contributed by atoms with Crippen LogP contribution in [0.3, 0.4) is 0 Å². The first-order valence-corrected chi connectivity index (χ1v) is 6.76. The molecule has 0 atom stereocenters. The van der Waals surface area contributed by atoms with E-state index in [1.807, 2.05) is 31.2 Å². The van der Waals surface area contributed by atoms with Crippen LogP contribution < -0.4 is 10.2 Å². The van der Waals surface area contributed by atoms with Crippen LogP contribution in [0.2, 0.25) is 0 Å². The molecule has 2 rings (SSSR count). The van der Waals surface area contributed by atoms with Crippen LogP contribution in [0.15, 0.2) is 24.3 Å². The number of rotatable bonds is 5. The average Bonchev–Trinajstić information content (AvgIpc) is 2.37. The summed E-state index contributed by atoms with van der Waals surface area (Å²) in [4.78, 5) is 11.5. The van der Waals surface area contributed by atoms with Gasteiger partial charge in [-0.1, -0.05) is 26.0 Å². The summed E-state index contributed by atoms with van der Waals surface area (Å²) in [5.41, 5.74) is 2.88. The fourth-order valence-corrected chi connectivity index (χ4v) is 2.07. The molecule has 0 saturated carbocycles. The van der Waals surface area contributed by atoms with Crippen LogP contribution in [-0.2, 0) is 0 Å². The summed E-state index contributed by atoms with van der Waals surface area (Å²) < 4.78 is 0. The monoisotopic (exact) mass is 258 g/mol. The first kappa shape index (κ1) is 13.7. The zero-order valence-electron chi connectivity index (χ0n) is 12.1. The SMILES string of the molecule is Cc1nc2ccccc2nc1N(C)CCNC(C)C. The van der Waals surface area contributed by atoms with Crippen LogP contribution in [0.1, 0.15) is 19.5 Å². The van der Waals surface area contributed by atoms with E-state index in [0.717, 1.165) is 35.6 Å². The van der Waals surface area contributed by atoms with Crippen molar-refractivity contribution in [2.45, 2.75) is 26.8 Å². The highest BCUT2D eigenvalue weighted by molar-refractivity contribution is 5.76. The molecule has 1 heterocycles. The summed E-state index contributed by atoms with van der Waals surface area (Å²) in [6.45, 7) is 8.19. The van der Waals surface area contributed by atoms with Gasteiger partial charge in [-0.3, -0.25) is 0 Å². The van der Waals surface area contributed by atoms with Gasteiger partial charge >= 0.3 is 0 Å². The van der Waals surface area contributed by atoms with Crippen molar-refractivity contribution in [3.05, 3.63) is 30.0 Å². The van der Waals surface area contributed by atoms with Crippen molar-refractivity contribution in [2.75, 3.05) is 25.0 Å². The second kappa shape index (κ2) is 5.97. The minimum atomic E-state index is 0.511. The van der Waals surface area contributed by atoms with E-state index in [2.05, 4.69) is 36.1 Å². The Balaban J connectivity index is 2.16. The zero-order valence-corrected chi connectivity index (χ0v) is 12.1. The van der Waals surface area contributed by atoms with Crippen molar-refractivity contribution in [3.8, 4) is 0 Å². The smallest absolute Gasteiger partial charge is 0.150 e. The third-order valence-electron chi connectivity index (χ3n) is 3.08. The van der Waals surface area contributed by atoms with Crippen LogP contribution in [0.5, 0.6) is 0 Å². The molecular formula is C15H22N4. The standard InChI is InChI=1S/C15H22N4/c1-11(2)16-9-10-19(4)15-12(3)17-13-7-5-6-8-14(13)18-15/h5-8,11,16H,9-10H2,1-4H3. The summed E-state index contributed by atoms with van der Waals surface area (Å²) in [6.07, 6.45) is 0. The van der Waals surface area contributed by atoms with Gasteiger partial charge in [0.2, 0.25) is 0 Å². The third-order valence-corrected chi connectivity index (χ3v) is 3.08. The topological polar surface area (TPSA) is 41.1 Å². The summed E-state index contributed by atoms with van der Waals surface area (Å²) >= 11 is 0. The molecule has 0 aliphatic rings. The highest BCUT2D eigenvalue weighted by Gasteiger charge is 2.09. The van der Waals surface area contributed by atoms with Gasteiger partial charge < -0.3 is 10.2 Å². The zero-order chi connectivity index (χ0) is 13.8. The Labute approximate surface area is 114 Å². The number of hydrogen-bond donors (Lipinski definition) is 1. The summed E-state index contributed by atoms with van der Waals surface area (Å²) in [5, 5.41) is 3.41. The van der Waals surface area contributed by atoms with Crippen molar-refractivity contribution >= 4 is 16.9 Å². The molecule has 0 unspecified atom stereocenters. The Bertz CT molecular complexity index is 551. The van der Waals surface area contributed by atoms with Crippen LogP contribution in [0.25, 0.3) is 11.0 Å². The lowest BCUT2D eigenvalue weighted by Gasteiger charge is -2.21. The molecule has 2 aromatic rings. The lowest BCUT2D eigenvalue weighted by atomic mass is 10.3. The molecule has 19 heavy (non-hydrogen) atoms. The summed E-state index contributed by atoms with van der Waals surface area (Å²) in [5.74, 6) is 0.962. The van der Waals surface area contributed by atoms with Gasteiger partial charge in [0.15, 0.2) is 5.82 Å². The number of likely N-dealkylation sites (N-methyl/N-ethyl adjacent to an activating group) is 1. The van der Waals surface area contributed by atoms with Gasteiger partial charge in [-0.2, -0.15) is 0 Å². The Hall–Kier alpha value is -1.68. The Kier molecular flexibility index (Phi) is 4.32. The lowest BCUT2D eigenvalue weighted by molar-refractivity contribution is 0.588. The van der Waals surface area contributed by atoms with Crippen molar-refractivity contribution in [3.63, 3.8) is 0 Å². The number of para-hydroxylation sites is 2. The van der Waals surface area contributed by atoms with Crippen LogP contribution >= 0.6 is 0 Å². The first-order valence-electron chi connectivity index (χ1n) is 6.76. The molecule has 0 radical (unpaired) electrons. The van der Waals surface area contributed by atoms with E-state index in [4.69, 9.17) is 4.98 Å². The first-order chi connectivity index (χ1) is 9.08. The molecule has 0 aliphatic carbocycles. The molecule has 0 fully saturated rings. The molecule has 0 bridgehead atoms. The van der Waals surface area contributed by atoms with E-state index >= 15 is 0 Å². The molecule has 1 aromatic carbocycles. The van der Waals surface area contributed by atoms with Crippen molar-refractivity contribution in [2.24, 2.45) is 0 Å². The fourth-order valence-electron chi connectivity index (χ4n) is 2.07. The molecule has 4 heteroatoms. The van der Waals surface area contributed by atoms with Crippen LogP contribution in [0.4, 0.5) is 5.82 Å². The molecule has 1 N–H and O–H groups in total. The summed E-state index contributed by atoms with van der Waals surface area (Å²) in [6, 6.07) is 8.51. The van der Waals surface area contributed by atoms with Gasteiger partial charge in [-0.05, 0) is 19.1 Å². The van der Waals surface area contributed by atoms with E-state index in [-0.39, 0.29) is 0 Å². The highest BCUT2D eigenvalue weighted by atomic mass is 15.2. The minimum Gasteiger partial charge on any atom is -0.357 e. The average molecular weight is 258 g/mol. The molecular weight excluding hydrogens is 236 g/mol. The molecule has 0 amide bonds. The predicted octanol–water partition coefficient (Wildman–Crippen LogP) is 2.37. The maximum Gasteiger partial charge on any atom is 0.150 e. The molecule has 102 valence electrons. The van der Waals surface area contributed by atoms with E-state index in [1.165, 1.54) is 0 Å². The number of nitrogens with one attached hydrogen (secondary N) is 1. The maximum atomic E-state index is 4.71. The Morgan fingerprint density at radius 1 is 1.16 bits per heavy atom. The molecule has 0 aliphatic heterocycles. The quantitative estimate of drug-likeness (QED) is 0.894. The Morgan fingerprint density at radius 2 is 1.79 bits per heavy atom. The second-order valence-corrected chi connectivity index (χ2v) is 5.15. The largest absolute Gasteiger partial charge is 0.357 e. The number of fused-ring (bicyclic) bond motifs is 1. The maximum absolute atomic E-state index is 4.71. The van der Waals surface area contributed by atoms with Gasteiger partial charge in [-0.25, -0.2) is 9.97 Å². The van der Waals surface area contributed by atoms with Crippen LogP contribution in [-0.4, -0.2) is 36.1 Å². The van der Waals surface area contributed by atoms with Gasteiger partial charge in [-0.15, -0.1) is 0 Å².